The summed E-state index contributed by atoms with van der Waals surface area (Å²) >= 11 is 3.42. The van der Waals surface area contributed by atoms with Crippen molar-refractivity contribution in [2.75, 3.05) is 0 Å². The maximum atomic E-state index is 5.87. The van der Waals surface area contributed by atoms with Crippen molar-refractivity contribution in [3.05, 3.63) is 41.5 Å². The fourth-order valence-electron chi connectivity index (χ4n) is 1.17. The molecule has 13 heavy (non-hydrogen) atoms. The molecule has 0 aliphatic carbocycles. The van der Waals surface area contributed by atoms with E-state index in [0.717, 1.165) is 23.0 Å². The highest BCUT2D eigenvalue weighted by atomic mass is 79.9. The molecule has 70 valence electrons. The number of benzene rings is 1. The van der Waals surface area contributed by atoms with E-state index < -0.39 is 0 Å². The van der Waals surface area contributed by atoms with Crippen LogP contribution < -0.4 is 5.73 Å². The number of alkyl halides is 1. The standard InChI is InChI=1S/C11H14BrN/c1-2-4-11(13)10-6-3-5-9(7-10)8-12/h3-7H,2,8,13H2,1H3/b11-4+. The number of rotatable bonds is 3. The summed E-state index contributed by atoms with van der Waals surface area (Å²) in [6.45, 7) is 2.08. The van der Waals surface area contributed by atoms with Crippen LogP contribution in [0.15, 0.2) is 30.3 Å². The van der Waals surface area contributed by atoms with Gasteiger partial charge in [0.2, 0.25) is 0 Å². The zero-order valence-electron chi connectivity index (χ0n) is 7.76. The molecule has 0 fully saturated rings. The summed E-state index contributed by atoms with van der Waals surface area (Å²) in [6, 6.07) is 8.25. The van der Waals surface area contributed by atoms with Gasteiger partial charge in [0.15, 0.2) is 0 Å². The summed E-state index contributed by atoms with van der Waals surface area (Å²) in [5.41, 5.74) is 9.11. The van der Waals surface area contributed by atoms with Gasteiger partial charge in [-0.3, -0.25) is 0 Å². The molecule has 0 aliphatic heterocycles. The summed E-state index contributed by atoms with van der Waals surface area (Å²) in [4.78, 5) is 0. The molecule has 0 spiro atoms. The largest absolute Gasteiger partial charge is 0.399 e. The summed E-state index contributed by atoms with van der Waals surface area (Å²) in [6.07, 6.45) is 3.01. The molecule has 2 heteroatoms. The molecule has 1 rings (SSSR count). The fourth-order valence-corrected chi connectivity index (χ4v) is 1.52. The summed E-state index contributed by atoms with van der Waals surface area (Å²) in [5.74, 6) is 0. The van der Waals surface area contributed by atoms with Gasteiger partial charge in [0, 0.05) is 11.0 Å². The SMILES string of the molecule is CC/C=C(/N)c1cccc(CBr)c1. The molecular formula is C11H14BrN. The van der Waals surface area contributed by atoms with E-state index in [2.05, 4.69) is 35.0 Å². The zero-order valence-corrected chi connectivity index (χ0v) is 9.34. The van der Waals surface area contributed by atoms with Crippen molar-refractivity contribution in [2.24, 2.45) is 5.73 Å². The quantitative estimate of drug-likeness (QED) is 0.806. The first kappa shape index (κ1) is 10.3. The monoisotopic (exact) mass is 239 g/mol. The highest BCUT2D eigenvalue weighted by Crippen LogP contribution is 2.13. The molecule has 0 heterocycles. The van der Waals surface area contributed by atoms with Crippen LogP contribution in [-0.2, 0) is 5.33 Å². The number of allylic oxidation sites excluding steroid dienone is 1. The molecule has 1 aromatic rings. The minimum Gasteiger partial charge on any atom is -0.399 e. The van der Waals surface area contributed by atoms with E-state index >= 15 is 0 Å². The van der Waals surface area contributed by atoms with Crippen molar-refractivity contribution in [3.63, 3.8) is 0 Å². The lowest BCUT2D eigenvalue weighted by molar-refractivity contribution is 1.21. The third-order valence-corrected chi connectivity index (χ3v) is 2.49. The van der Waals surface area contributed by atoms with Crippen molar-refractivity contribution in [1.29, 1.82) is 0 Å². The van der Waals surface area contributed by atoms with Crippen LogP contribution in [0.5, 0.6) is 0 Å². The first-order valence-corrected chi connectivity index (χ1v) is 5.51. The molecule has 2 N–H and O–H groups in total. The van der Waals surface area contributed by atoms with Crippen LogP contribution in [0.4, 0.5) is 0 Å². The van der Waals surface area contributed by atoms with Crippen molar-refractivity contribution in [3.8, 4) is 0 Å². The fraction of sp³-hybridized carbons (Fsp3) is 0.273. The Morgan fingerprint density at radius 3 is 2.92 bits per heavy atom. The molecule has 0 unspecified atom stereocenters. The first-order chi connectivity index (χ1) is 6.27. The topological polar surface area (TPSA) is 26.0 Å². The van der Waals surface area contributed by atoms with Gasteiger partial charge in [0.05, 0.1) is 0 Å². The van der Waals surface area contributed by atoms with Gasteiger partial charge in [-0.1, -0.05) is 47.1 Å². The van der Waals surface area contributed by atoms with E-state index in [1.165, 1.54) is 5.56 Å². The van der Waals surface area contributed by atoms with E-state index in [0.29, 0.717) is 0 Å². The smallest absolute Gasteiger partial charge is 0.0347 e. The predicted molar refractivity (Wildman–Crippen MR) is 61.5 cm³/mol. The lowest BCUT2D eigenvalue weighted by Crippen LogP contribution is -1.96. The van der Waals surface area contributed by atoms with E-state index in [1.54, 1.807) is 0 Å². The predicted octanol–water partition coefficient (Wildman–Crippen LogP) is 3.29. The van der Waals surface area contributed by atoms with Crippen LogP contribution in [-0.4, -0.2) is 0 Å². The van der Waals surface area contributed by atoms with Gasteiger partial charge in [0.1, 0.15) is 0 Å². The van der Waals surface area contributed by atoms with Gasteiger partial charge in [-0.2, -0.15) is 0 Å². The molecule has 0 bridgehead atoms. The van der Waals surface area contributed by atoms with E-state index in [-0.39, 0.29) is 0 Å². The Morgan fingerprint density at radius 1 is 1.54 bits per heavy atom. The van der Waals surface area contributed by atoms with Crippen molar-refractivity contribution in [1.82, 2.24) is 0 Å². The number of hydrogen-bond acceptors (Lipinski definition) is 1. The molecule has 0 atom stereocenters. The Hall–Kier alpha value is -0.760. The van der Waals surface area contributed by atoms with Gasteiger partial charge in [-0.05, 0) is 23.6 Å². The maximum Gasteiger partial charge on any atom is 0.0347 e. The summed E-state index contributed by atoms with van der Waals surface area (Å²) in [5, 5.41) is 0.875. The molecule has 0 radical (unpaired) electrons. The normalized spacial score (nSPS) is 11.7. The van der Waals surface area contributed by atoms with Gasteiger partial charge in [-0.25, -0.2) is 0 Å². The van der Waals surface area contributed by atoms with Crippen LogP contribution in [0.2, 0.25) is 0 Å². The van der Waals surface area contributed by atoms with Gasteiger partial charge in [-0.15, -0.1) is 0 Å². The second kappa shape index (κ2) is 5.07. The maximum absolute atomic E-state index is 5.87. The third-order valence-electron chi connectivity index (χ3n) is 1.84. The number of halogens is 1. The molecular weight excluding hydrogens is 226 g/mol. The Bertz CT molecular complexity index is 305. The molecule has 0 aromatic heterocycles. The number of nitrogens with two attached hydrogens (primary N) is 1. The second-order valence-electron chi connectivity index (χ2n) is 2.90. The first-order valence-electron chi connectivity index (χ1n) is 4.38. The zero-order chi connectivity index (χ0) is 9.68. The van der Waals surface area contributed by atoms with Crippen molar-refractivity contribution < 1.29 is 0 Å². The number of hydrogen-bond donors (Lipinski definition) is 1. The average molecular weight is 240 g/mol. The van der Waals surface area contributed by atoms with E-state index in [1.807, 2.05) is 18.2 Å². The van der Waals surface area contributed by atoms with E-state index in [4.69, 9.17) is 5.73 Å². The highest BCUT2D eigenvalue weighted by Gasteiger charge is 1.96. The Morgan fingerprint density at radius 2 is 2.31 bits per heavy atom. The van der Waals surface area contributed by atoms with Gasteiger partial charge in [0.25, 0.3) is 0 Å². The Balaban J connectivity index is 2.94. The molecule has 0 amide bonds. The Labute approximate surface area is 87.8 Å². The van der Waals surface area contributed by atoms with Crippen LogP contribution in [0, 0.1) is 0 Å². The van der Waals surface area contributed by atoms with Crippen LogP contribution in [0.25, 0.3) is 5.70 Å². The highest BCUT2D eigenvalue weighted by molar-refractivity contribution is 9.08. The molecule has 0 saturated heterocycles. The average Bonchev–Trinajstić information content (AvgIpc) is 2.18. The van der Waals surface area contributed by atoms with E-state index in [9.17, 15) is 0 Å². The van der Waals surface area contributed by atoms with Crippen LogP contribution >= 0.6 is 15.9 Å². The minimum absolute atomic E-state index is 0.866. The van der Waals surface area contributed by atoms with Crippen molar-refractivity contribution in [2.45, 2.75) is 18.7 Å². The van der Waals surface area contributed by atoms with Crippen molar-refractivity contribution >= 4 is 21.6 Å². The van der Waals surface area contributed by atoms with Gasteiger partial charge < -0.3 is 5.73 Å². The van der Waals surface area contributed by atoms with Crippen LogP contribution in [0.3, 0.4) is 0 Å². The summed E-state index contributed by atoms with van der Waals surface area (Å²) < 4.78 is 0. The minimum atomic E-state index is 0.866. The van der Waals surface area contributed by atoms with Crippen LogP contribution in [0.1, 0.15) is 24.5 Å². The molecule has 1 nitrogen and oxygen atoms in total. The second-order valence-corrected chi connectivity index (χ2v) is 3.46. The lowest BCUT2D eigenvalue weighted by Gasteiger charge is -2.02. The van der Waals surface area contributed by atoms with Gasteiger partial charge >= 0.3 is 0 Å². The third kappa shape index (κ3) is 2.88. The Kier molecular flexibility index (Phi) is 4.03. The lowest BCUT2D eigenvalue weighted by atomic mass is 10.1. The summed E-state index contributed by atoms with van der Waals surface area (Å²) in [7, 11) is 0. The molecule has 1 aromatic carbocycles. The molecule has 0 saturated carbocycles. The molecule has 0 aliphatic rings.